The van der Waals surface area contributed by atoms with Gasteiger partial charge in [0.15, 0.2) is 6.73 Å². The van der Waals surface area contributed by atoms with Crippen molar-refractivity contribution in [1.29, 1.82) is 0 Å². The zero-order valence-electron chi connectivity index (χ0n) is 14.9. The van der Waals surface area contributed by atoms with Gasteiger partial charge in [-0.3, -0.25) is 4.79 Å². The lowest BCUT2D eigenvalue weighted by Gasteiger charge is -2.09. The average molecular weight is 385 g/mol. The number of hydrogen-bond donors (Lipinski definition) is 1. The summed E-state index contributed by atoms with van der Waals surface area (Å²) >= 11 is 2.95. The van der Waals surface area contributed by atoms with Crippen LogP contribution in [0.1, 0.15) is 16.7 Å². The van der Waals surface area contributed by atoms with Crippen molar-refractivity contribution >= 4 is 46.4 Å². The van der Waals surface area contributed by atoms with Crippen molar-refractivity contribution in [3.63, 3.8) is 0 Å². The second-order valence-corrected chi connectivity index (χ2v) is 7.70. The Kier molecular flexibility index (Phi) is 6.06. The van der Waals surface area contributed by atoms with Gasteiger partial charge in [0.25, 0.3) is 11.1 Å². The van der Waals surface area contributed by atoms with Crippen LogP contribution in [0.2, 0.25) is 0 Å². The number of anilines is 1. The van der Waals surface area contributed by atoms with Crippen molar-refractivity contribution in [2.45, 2.75) is 18.7 Å². The van der Waals surface area contributed by atoms with Crippen molar-refractivity contribution in [1.82, 2.24) is 0 Å². The predicted octanol–water partition coefficient (Wildman–Crippen LogP) is 5.08. The number of rotatable bonds is 5. The van der Waals surface area contributed by atoms with Crippen LogP contribution in [0.5, 0.6) is 0 Å². The first-order valence-corrected chi connectivity index (χ1v) is 10.2. The minimum absolute atomic E-state index is 0.259. The third kappa shape index (κ3) is 4.71. The number of hydrogen-bond acceptors (Lipinski definition) is 5. The molecule has 1 aliphatic heterocycles. The molecule has 0 aromatic heterocycles. The molecule has 0 bridgehead atoms. The summed E-state index contributed by atoms with van der Waals surface area (Å²) in [6, 6.07) is 14.2. The van der Waals surface area contributed by atoms with Crippen molar-refractivity contribution in [2.75, 3.05) is 18.3 Å². The van der Waals surface area contributed by atoms with Crippen LogP contribution >= 0.6 is 23.5 Å². The molecule has 0 aliphatic carbocycles. The summed E-state index contributed by atoms with van der Waals surface area (Å²) in [6.07, 6.45) is 3.88. The molecule has 0 spiro atoms. The van der Waals surface area contributed by atoms with Gasteiger partial charge in [-0.2, -0.15) is 4.99 Å². The summed E-state index contributed by atoms with van der Waals surface area (Å²) in [6.45, 7) is 4.41. The number of nitrogens with zero attached hydrogens (tertiary/aromatic N) is 1. The van der Waals surface area contributed by atoms with Crippen LogP contribution < -0.4 is 5.32 Å². The lowest BCUT2D eigenvalue weighted by molar-refractivity contribution is -0.113. The highest BCUT2D eigenvalue weighted by Crippen LogP contribution is 2.29. The number of amides is 1. The molecule has 0 unspecified atom stereocenters. The Labute approximate surface area is 162 Å². The molecule has 6 heteroatoms. The highest BCUT2D eigenvalue weighted by Gasteiger charge is 2.23. The first-order valence-electron chi connectivity index (χ1n) is 8.16. The maximum Gasteiger partial charge on any atom is 0.287 e. The number of ether oxygens (including phenoxy) is 1. The molecule has 0 radical (unpaired) electrons. The average Bonchev–Trinajstić information content (AvgIpc) is 2.98. The van der Waals surface area contributed by atoms with E-state index in [-0.39, 0.29) is 12.6 Å². The van der Waals surface area contributed by atoms with Gasteiger partial charge in [0.05, 0.1) is 4.91 Å². The topological polar surface area (TPSA) is 50.7 Å². The van der Waals surface area contributed by atoms with Crippen molar-refractivity contribution in [3.8, 4) is 0 Å². The predicted molar refractivity (Wildman–Crippen MR) is 112 cm³/mol. The molecule has 1 aliphatic rings. The molecule has 3 rings (SSSR count). The Morgan fingerprint density at radius 2 is 1.92 bits per heavy atom. The van der Waals surface area contributed by atoms with Crippen LogP contribution in [-0.2, 0) is 9.53 Å². The van der Waals surface area contributed by atoms with E-state index in [2.05, 4.69) is 36.3 Å². The smallest absolute Gasteiger partial charge is 0.287 e. The molecular formula is C20H20N2O2S2. The summed E-state index contributed by atoms with van der Waals surface area (Å²) in [4.78, 5) is 17.8. The first-order chi connectivity index (χ1) is 12.5. The summed E-state index contributed by atoms with van der Waals surface area (Å²) in [7, 11) is 0. The van der Waals surface area contributed by atoms with Crippen LogP contribution in [0.25, 0.3) is 6.08 Å². The Bertz CT molecular complexity index is 874. The van der Waals surface area contributed by atoms with Gasteiger partial charge in [0.1, 0.15) is 0 Å². The molecule has 1 N–H and O–H groups in total. The van der Waals surface area contributed by atoms with Gasteiger partial charge in [-0.25, -0.2) is 0 Å². The van der Waals surface area contributed by atoms with Gasteiger partial charge in [0.2, 0.25) is 0 Å². The normalized spacial score (nSPS) is 15.3. The summed E-state index contributed by atoms with van der Waals surface area (Å²) in [5.74, 6) is -0.259. The molecule has 2 aromatic rings. The maximum atomic E-state index is 12.0. The zero-order chi connectivity index (χ0) is 18.5. The largest absolute Gasteiger partial charge is 0.451 e. The van der Waals surface area contributed by atoms with E-state index in [1.807, 2.05) is 42.7 Å². The molecule has 134 valence electrons. The monoisotopic (exact) mass is 384 g/mol. The standard InChI is InChI=1S/C20H20N2O2S2/c1-13-4-7-16(10-14(13)2)21-12-24-20-22-19(23)18(26-20)11-15-5-8-17(25-3)9-6-15/h4-11,21H,12H2,1-3H3/b18-11-. The van der Waals surface area contributed by atoms with E-state index in [0.717, 1.165) is 11.3 Å². The van der Waals surface area contributed by atoms with Crippen molar-refractivity contribution in [3.05, 3.63) is 64.1 Å². The fraction of sp³-hybridized carbons (Fsp3) is 0.200. The number of thioether (sulfide) groups is 2. The van der Waals surface area contributed by atoms with Gasteiger partial charge >= 0.3 is 0 Å². The Morgan fingerprint density at radius 3 is 2.62 bits per heavy atom. The molecule has 0 saturated heterocycles. The van der Waals surface area contributed by atoms with E-state index in [1.54, 1.807) is 11.8 Å². The van der Waals surface area contributed by atoms with E-state index in [9.17, 15) is 4.79 Å². The van der Waals surface area contributed by atoms with Gasteiger partial charge in [-0.1, -0.05) is 18.2 Å². The van der Waals surface area contributed by atoms with E-state index in [4.69, 9.17) is 4.74 Å². The molecular weight excluding hydrogens is 364 g/mol. The minimum atomic E-state index is -0.259. The molecule has 4 nitrogen and oxygen atoms in total. The molecule has 1 heterocycles. The van der Waals surface area contributed by atoms with E-state index >= 15 is 0 Å². The molecule has 2 aromatic carbocycles. The van der Waals surface area contributed by atoms with Crippen molar-refractivity contribution < 1.29 is 9.53 Å². The Morgan fingerprint density at radius 1 is 1.15 bits per heavy atom. The molecule has 0 fully saturated rings. The number of nitrogens with one attached hydrogen (secondary N) is 1. The zero-order valence-corrected chi connectivity index (χ0v) is 16.5. The molecule has 0 atom stereocenters. The number of aliphatic imine (C=N–C) groups is 1. The van der Waals surface area contributed by atoms with Crippen LogP contribution in [0.3, 0.4) is 0 Å². The lowest BCUT2D eigenvalue weighted by Crippen LogP contribution is -2.09. The quantitative estimate of drug-likeness (QED) is 0.442. The highest BCUT2D eigenvalue weighted by atomic mass is 32.2. The lowest BCUT2D eigenvalue weighted by atomic mass is 10.1. The van der Waals surface area contributed by atoms with E-state index in [0.29, 0.717) is 10.1 Å². The number of benzene rings is 2. The SMILES string of the molecule is CSc1ccc(/C=C2\SC(OCNc3ccc(C)c(C)c3)=NC2=O)cc1. The van der Waals surface area contributed by atoms with Gasteiger partial charge in [0, 0.05) is 10.6 Å². The van der Waals surface area contributed by atoms with Crippen LogP contribution in [0, 0.1) is 13.8 Å². The van der Waals surface area contributed by atoms with Crippen LogP contribution in [0.15, 0.2) is 57.3 Å². The van der Waals surface area contributed by atoms with E-state index < -0.39 is 0 Å². The van der Waals surface area contributed by atoms with E-state index in [1.165, 1.54) is 27.8 Å². The van der Waals surface area contributed by atoms with Gasteiger partial charge < -0.3 is 10.1 Å². The number of aryl methyl sites for hydroxylation is 2. The number of carbonyl (C=O) groups excluding carboxylic acids is 1. The van der Waals surface area contributed by atoms with Crippen LogP contribution in [0.4, 0.5) is 5.69 Å². The van der Waals surface area contributed by atoms with Crippen molar-refractivity contribution in [2.24, 2.45) is 4.99 Å². The molecule has 0 saturated carbocycles. The molecule has 26 heavy (non-hydrogen) atoms. The highest BCUT2D eigenvalue weighted by molar-refractivity contribution is 8.18. The second-order valence-electron chi connectivity index (χ2n) is 5.83. The Hall–Kier alpha value is -2.18. The third-order valence-corrected chi connectivity index (χ3v) is 5.63. The second kappa shape index (κ2) is 8.47. The van der Waals surface area contributed by atoms with Gasteiger partial charge in [-0.15, -0.1) is 11.8 Å². The summed E-state index contributed by atoms with van der Waals surface area (Å²) in [5.41, 5.74) is 4.42. The summed E-state index contributed by atoms with van der Waals surface area (Å²) < 4.78 is 5.59. The van der Waals surface area contributed by atoms with Gasteiger partial charge in [-0.05, 0) is 78.9 Å². The van der Waals surface area contributed by atoms with Crippen LogP contribution in [-0.4, -0.2) is 24.1 Å². The maximum absolute atomic E-state index is 12.0. The molecule has 1 amide bonds. The fourth-order valence-electron chi connectivity index (χ4n) is 2.34. The number of carbonyl (C=O) groups is 1. The summed E-state index contributed by atoms with van der Waals surface area (Å²) in [5, 5.41) is 3.56. The minimum Gasteiger partial charge on any atom is -0.451 e. The fourth-order valence-corrected chi connectivity index (χ4v) is 3.51. The first kappa shape index (κ1) is 18.6. The third-order valence-electron chi connectivity index (χ3n) is 3.99. The Balaban J connectivity index is 1.55.